The molecule has 0 aromatic rings. The second kappa shape index (κ2) is 13.3. The van der Waals surface area contributed by atoms with Crippen molar-refractivity contribution >= 4 is 11.9 Å². The Morgan fingerprint density at radius 1 is 1.04 bits per heavy atom. The van der Waals surface area contributed by atoms with E-state index in [1.54, 1.807) is 0 Å². The number of nitrogens with two attached hydrogens (primary N) is 1. The molecule has 4 N–H and O–H groups in total. The van der Waals surface area contributed by atoms with E-state index in [0.29, 0.717) is 19.4 Å². The third kappa shape index (κ3) is 10.3. The van der Waals surface area contributed by atoms with Crippen molar-refractivity contribution in [1.82, 2.24) is 10.6 Å². The van der Waals surface area contributed by atoms with E-state index < -0.39 is 6.04 Å². The molecular weight excluding hydrogens is 294 g/mol. The average molecular weight is 329 g/mol. The average Bonchev–Trinajstić information content (AvgIpc) is 2.52. The number of rotatable bonds is 13. The Bertz CT molecular complexity index is 335. The van der Waals surface area contributed by atoms with Crippen LogP contribution in [0.15, 0.2) is 0 Å². The molecule has 0 radical (unpaired) electrons. The van der Waals surface area contributed by atoms with Crippen molar-refractivity contribution in [2.45, 2.75) is 83.8 Å². The second-order valence-electron chi connectivity index (χ2n) is 6.24. The van der Waals surface area contributed by atoms with E-state index in [1.165, 1.54) is 7.11 Å². The first kappa shape index (κ1) is 21.9. The molecule has 0 saturated heterocycles. The number of unbranched alkanes of at least 4 members (excludes halogenated alkanes) is 3. The molecule has 0 saturated carbocycles. The van der Waals surface area contributed by atoms with E-state index in [1.807, 2.05) is 13.8 Å². The molecule has 0 bridgehead atoms. The van der Waals surface area contributed by atoms with E-state index in [4.69, 9.17) is 10.5 Å². The molecule has 2 unspecified atom stereocenters. The lowest BCUT2D eigenvalue weighted by Crippen LogP contribution is -2.51. The van der Waals surface area contributed by atoms with Gasteiger partial charge in [0.05, 0.1) is 13.2 Å². The summed E-state index contributed by atoms with van der Waals surface area (Å²) < 4.78 is 4.81. The lowest BCUT2D eigenvalue weighted by atomic mass is 10.1. The fourth-order valence-corrected chi connectivity index (χ4v) is 2.45. The molecular formula is C17H35N3O3. The maximum Gasteiger partial charge on any atom is 0.328 e. The Hall–Kier alpha value is -1.14. The summed E-state index contributed by atoms with van der Waals surface area (Å²) in [6, 6.07) is -0.676. The molecule has 1 amide bonds. The van der Waals surface area contributed by atoms with Crippen LogP contribution in [-0.2, 0) is 14.3 Å². The van der Waals surface area contributed by atoms with Crippen molar-refractivity contribution in [2.75, 3.05) is 13.7 Å². The SMILES string of the molecule is CCCCCC(NC(=O)C(CCCCN)NC(C)C)C(=O)OC. The summed E-state index contributed by atoms with van der Waals surface area (Å²) in [7, 11) is 1.35. The molecule has 6 heteroatoms. The van der Waals surface area contributed by atoms with Crippen LogP contribution < -0.4 is 16.4 Å². The molecule has 6 nitrogen and oxygen atoms in total. The van der Waals surface area contributed by atoms with Crippen LogP contribution in [0.25, 0.3) is 0 Å². The molecule has 0 aromatic heterocycles. The van der Waals surface area contributed by atoms with Crippen molar-refractivity contribution in [3.63, 3.8) is 0 Å². The van der Waals surface area contributed by atoms with Gasteiger partial charge in [0.25, 0.3) is 0 Å². The fraction of sp³-hybridized carbons (Fsp3) is 0.882. The minimum Gasteiger partial charge on any atom is -0.467 e. The number of carbonyl (C=O) groups is 2. The monoisotopic (exact) mass is 329 g/mol. The summed E-state index contributed by atoms with van der Waals surface area (Å²) in [5, 5.41) is 6.11. The highest BCUT2D eigenvalue weighted by Crippen LogP contribution is 2.07. The van der Waals surface area contributed by atoms with Crippen molar-refractivity contribution in [3.8, 4) is 0 Å². The zero-order valence-corrected chi connectivity index (χ0v) is 15.2. The van der Waals surface area contributed by atoms with E-state index >= 15 is 0 Å². The van der Waals surface area contributed by atoms with Crippen molar-refractivity contribution in [3.05, 3.63) is 0 Å². The van der Waals surface area contributed by atoms with Gasteiger partial charge in [-0.05, 0) is 25.8 Å². The number of ether oxygens (including phenoxy) is 1. The summed E-state index contributed by atoms with van der Waals surface area (Å²) in [6.07, 6.45) is 6.10. The molecule has 0 heterocycles. The zero-order valence-electron chi connectivity index (χ0n) is 15.2. The Labute approximate surface area is 140 Å². The van der Waals surface area contributed by atoms with Crippen LogP contribution in [0, 0.1) is 0 Å². The van der Waals surface area contributed by atoms with Crippen molar-refractivity contribution < 1.29 is 14.3 Å². The fourth-order valence-electron chi connectivity index (χ4n) is 2.45. The number of hydrogen-bond donors (Lipinski definition) is 3. The molecule has 0 spiro atoms. The topological polar surface area (TPSA) is 93.5 Å². The number of esters is 1. The first-order chi connectivity index (χ1) is 11.0. The molecule has 23 heavy (non-hydrogen) atoms. The minimum atomic E-state index is -0.565. The van der Waals surface area contributed by atoms with Gasteiger partial charge in [0.1, 0.15) is 6.04 Å². The summed E-state index contributed by atoms with van der Waals surface area (Å²) in [6.45, 7) is 6.73. The predicted molar refractivity (Wildman–Crippen MR) is 93.1 cm³/mol. The summed E-state index contributed by atoms with van der Waals surface area (Å²) in [5.74, 6) is -0.512. The highest BCUT2D eigenvalue weighted by atomic mass is 16.5. The number of methoxy groups -OCH3 is 1. The maximum absolute atomic E-state index is 12.5. The van der Waals surface area contributed by atoms with Gasteiger partial charge in [-0.15, -0.1) is 0 Å². The molecule has 0 rings (SSSR count). The van der Waals surface area contributed by atoms with E-state index in [2.05, 4.69) is 17.6 Å². The molecule has 0 fully saturated rings. The summed E-state index contributed by atoms with van der Waals surface area (Å²) in [5.41, 5.74) is 5.52. The van der Waals surface area contributed by atoms with Crippen LogP contribution in [0.3, 0.4) is 0 Å². The van der Waals surface area contributed by atoms with Crippen LogP contribution in [0.4, 0.5) is 0 Å². The van der Waals surface area contributed by atoms with Gasteiger partial charge < -0.3 is 21.1 Å². The third-order valence-electron chi connectivity index (χ3n) is 3.70. The molecule has 2 atom stereocenters. The van der Waals surface area contributed by atoms with Gasteiger partial charge in [-0.25, -0.2) is 4.79 Å². The standard InChI is InChI=1S/C17H35N3O3/c1-5-6-7-11-15(17(22)23-4)20-16(21)14(19-13(2)3)10-8-9-12-18/h13-15,19H,5-12,18H2,1-4H3,(H,20,21). The quantitative estimate of drug-likeness (QED) is 0.353. The van der Waals surface area contributed by atoms with Crippen LogP contribution in [-0.4, -0.2) is 43.7 Å². The Morgan fingerprint density at radius 3 is 2.17 bits per heavy atom. The third-order valence-corrected chi connectivity index (χ3v) is 3.70. The first-order valence-corrected chi connectivity index (χ1v) is 8.80. The lowest BCUT2D eigenvalue weighted by molar-refractivity contribution is -0.145. The highest BCUT2D eigenvalue weighted by Gasteiger charge is 2.25. The normalized spacial score (nSPS) is 13.7. The summed E-state index contributed by atoms with van der Waals surface area (Å²) in [4.78, 5) is 24.4. The molecule has 0 aliphatic rings. The minimum absolute atomic E-state index is 0.136. The predicted octanol–water partition coefficient (Wildman–Crippen LogP) is 1.72. The molecule has 0 aliphatic heterocycles. The van der Waals surface area contributed by atoms with Gasteiger partial charge in [0, 0.05) is 6.04 Å². The number of hydrogen-bond acceptors (Lipinski definition) is 5. The lowest BCUT2D eigenvalue weighted by Gasteiger charge is -2.24. The molecule has 136 valence electrons. The Balaban J connectivity index is 4.67. The van der Waals surface area contributed by atoms with E-state index in [9.17, 15) is 9.59 Å². The van der Waals surface area contributed by atoms with Crippen LogP contribution in [0.5, 0.6) is 0 Å². The number of carbonyl (C=O) groups excluding carboxylic acids is 2. The van der Waals surface area contributed by atoms with Gasteiger partial charge in [0.15, 0.2) is 0 Å². The first-order valence-electron chi connectivity index (χ1n) is 8.80. The second-order valence-corrected chi connectivity index (χ2v) is 6.24. The zero-order chi connectivity index (χ0) is 17.7. The van der Waals surface area contributed by atoms with E-state index in [-0.39, 0.29) is 24.0 Å². The van der Waals surface area contributed by atoms with Crippen LogP contribution in [0.1, 0.15) is 65.7 Å². The van der Waals surface area contributed by atoms with Gasteiger partial charge >= 0.3 is 5.97 Å². The number of nitrogens with one attached hydrogen (secondary N) is 2. The molecule has 0 aromatic carbocycles. The number of amides is 1. The Kier molecular flexibility index (Phi) is 12.7. The maximum atomic E-state index is 12.5. The van der Waals surface area contributed by atoms with Gasteiger partial charge in [-0.2, -0.15) is 0 Å². The van der Waals surface area contributed by atoms with Gasteiger partial charge in [-0.3, -0.25) is 4.79 Å². The van der Waals surface area contributed by atoms with Crippen LogP contribution in [0.2, 0.25) is 0 Å². The highest BCUT2D eigenvalue weighted by molar-refractivity contribution is 5.87. The largest absolute Gasteiger partial charge is 0.467 e. The van der Waals surface area contributed by atoms with Crippen molar-refractivity contribution in [1.29, 1.82) is 0 Å². The molecule has 0 aliphatic carbocycles. The van der Waals surface area contributed by atoms with Crippen molar-refractivity contribution in [2.24, 2.45) is 5.73 Å². The van der Waals surface area contributed by atoms with Gasteiger partial charge in [0.2, 0.25) is 5.91 Å². The van der Waals surface area contributed by atoms with Crippen LogP contribution >= 0.6 is 0 Å². The summed E-state index contributed by atoms with van der Waals surface area (Å²) >= 11 is 0. The Morgan fingerprint density at radius 2 is 1.65 bits per heavy atom. The smallest absolute Gasteiger partial charge is 0.328 e. The van der Waals surface area contributed by atoms with E-state index in [0.717, 1.165) is 32.1 Å². The van der Waals surface area contributed by atoms with Gasteiger partial charge in [-0.1, -0.05) is 46.5 Å².